The lowest BCUT2D eigenvalue weighted by Gasteiger charge is -2.17. The van der Waals surface area contributed by atoms with Crippen molar-refractivity contribution in [3.8, 4) is 0 Å². The molecule has 2 amide bonds. The quantitative estimate of drug-likeness (QED) is 0.801. The van der Waals surface area contributed by atoms with Crippen LogP contribution in [0.1, 0.15) is 11.1 Å². The summed E-state index contributed by atoms with van der Waals surface area (Å²) in [6.45, 7) is 4.30. The molecule has 1 aromatic carbocycles. The molecule has 0 saturated carbocycles. The normalized spacial score (nSPS) is 18.9. The van der Waals surface area contributed by atoms with Crippen molar-refractivity contribution in [3.05, 3.63) is 35.4 Å². The molecule has 0 bridgehead atoms. The maximum absolute atomic E-state index is 12.3. The molecule has 1 aliphatic rings. The van der Waals surface area contributed by atoms with E-state index in [-0.39, 0.29) is 18.4 Å². The number of aryl methyl sites for hydroxylation is 1. The largest absolute Gasteiger partial charge is 0.447 e. The maximum Gasteiger partial charge on any atom is 0.417 e. The molecule has 1 aromatic rings. The van der Waals surface area contributed by atoms with Gasteiger partial charge in [-0.3, -0.25) is 4.79 Å². The molecule has 4 nitrogen and oxygen atoms in total. The Labute approximate surface area is 120 Å². The number of amides is 2. The predicted octanol–water partition coefficient (Wildman–Crippen LogP) is 2.43. The summed E-state index contributed by atoms with van der Waals surface area (Å²) in [6.07, 6.45) is 4.42. The van der Waals surface area contributed by atoms with Gasteiger partial charge in [-0.05, 0) is 12.5 Å². The third kappa shape index (κ3) is 3.45. The number of hydrogen-bond donors (Lipinski definition) is 0. The van der Waals surface area contributed by atoms with Gasteiger partial charge in [0.25, 0.3) is 0 Å². The van der Waals surface area contributed by atoms with Gasteiger partial charge in [0.05, 0.1) is 26.9 Å². The Morgan fingerprint density at radius 1 is 1.55 bits per heavy atom. The van der Waals surface area contributed by atoms with Gasteiger partial charge in [-0.2, -0.15) is 0 Å². The molecule has 5 heteroatoms. The van der Waals surface area contributed by atoms with Crippen molar-refractivity contribution in [1.82, 2.24) is 4.90 Å². The highest BCUT2D eigenvalue weighted by molar-refractivity contribution is 7.55. The van der Waals surface area contributed by atoms with E-state index < -0.39 is 13.6 Å². The van der Waals surface area contributed by atoms with Crippen LogP contribution in [0.15, 0.2) is 24.3 Å². The number of hydrogen-bond acceptors (Lipinski definition) is 3. The molecule has 1 heterocycles. The minimum Gasteiger partial charge on any atom is -0.447 e. The molecule has 1 saturated heterocycles. The molecule has 0 spiro atoms. The van der Waals surface area contributed by atoms with Crippen molar-refractivity contribution in [2.75, 3.05) is 19.4 Å². The Balaban J connectivity index is 2.10. The SMILES string of the molecule is C=[P+](C)CC1COC(=O)N1C(=O)Cc1cccc(C)c1. The van der Waals surface area contributed by atoms with E-state index >= 15 is 0 Å². The first kappa shape index (κ1) is 14.7. The smallest absolute Gasteiger partial charge is 0.417 e. The van der Waals surface area contributed by atoms with Gasteiger partial charge in [0, 0.05) is 0 Å². The fourth-order valence-electron chi connectivity index (χ4n) is 2.34. The molecule has 2 unspecified atom stereocenters. The fourth-order valence-corrected chi connectivity index (χ4v) is 3.33. The van der Waals surface area contributed by atoms with Crippen molar-refractivity contribution in [2.45, 2.75) is 19.4 Å². The molecule has 2 rings (SSSR count). The summed E-state index contributed by atoms with van der Waals surface area (Å²) in [5.41, 5.74) is 2.02. The summed E-state index contributed by atoms with van der Waals surface area (Å²) in [5, 5.41) is 0. The number of rotatable bonds is 4. The molecule has 1 aliphatic heterocycles. The lowest BCUT2D eigenvalue weighted by atomic mass is 10.1. The van der Waals surface area contributed by atoms with Crippen LogP contribution in [0.25, 0.3) is 0 Å². The molecule has 0 N–H and O–H groups in total. The molecule has 2 atom stereocenters. The highest BCUT2D eigenvalue weighted by Gasteiger charge is 2.39. The third-order valence-corrected chi connectivity index (χ3v) is 4.23. The zero-order chi connectivity index (χ0) is 14.7. The van der Waals surface area contributed by atoms with Crippen LogP contribution < -0.4 is 0 Å². The average molecular weight is 292 g/mol. The standard InChI is InChI=1S/C15H19NO3P/c1-11-5-4-6-12(7-11)8-14(17)16-13(10-20(2)3)9-19-15(16)18/h4-7,13H,2,8-10H2,1,3H3/q+1. The number of nitrogens with zero attached hydrogens (tertiary/aromatic N) is 1. The third-order valence-electron chi connectivity index (χ3n) is 3.19. The zero-order valence-electron chi connectivity index (χ0n) is 11.8. The summed E-state index contributed by atoms with van der Waals surface area (Å²) in [6, 6.07) is 7.60. The van der Waals surface area contributed by atoms with E-state index in [4.69, 9.17) is 4.74 Å². The molecule has 0 aromatic heterocycles. The average Bonchev–Trinajstić information content (AvgIpc) is 2.69. The first-order valence-electron chi connectivity index (χ1n) is 6.53. The van der Waals surface area contributed by atoms with Crippen LogP contribution in [0.2, 0.25) is 0 Å². The molecule has 0 aliphatic carbocycles. The molecular weight excluding hydrogens is 273 g/mol. The molecular formula is C15H19NO3P+. The minimum atomic E-state index is -0.524. The monoisotopic (exact) mass is 292 g/mol. The Hall–Kier alpha value is -1.67. The number of benzene rings is 1. The van der Waals surface area contributed by atoms with Gasteiger partial charge in [-0.1, -0.05) is 29.8 Å². The summed E-state index contributed by atoms with van der Waals surface area (Å²) < 4.78 is 5.01. The van der Waals surface area contributed by atoms with Crippen molar-refractivity contribution in [1.29, 1.82) is 0 Å². The van der Waals surface area contributed by atoms with Gasteiger partial charge in [0.2, 0.25) is 5.91 Å². The van der Waals surface area contributed by atoms with E-state index in [9.17, 15) is 9.59 Å². The number of ether oxygens (including phenoxy) is 1. The minimum absolute atomic E-state index is 0.159. The van der Waals surface area contributed by atoms with E-state index in [1.807, 2.05) is 37.9 Å². The Kier molecular flexibility index (Phi) is 4.56. The Bertz CT molecular complexity index is 556. The molecule has 0 radical (unpaired) electrons. The van der Waals surface area contributed by atoms with Gasteiger partial charge >= 0.3 is 6.09 Å². The summed E-state index contributed by atoms with van der Waals surface area (Å²) in [5.74, 6) is -0.194. The molecule has 20 heavy (non-hydrogen) atoms. The van der Waals surface area contributed by atoms with E-state index in [0.29, 0.717) is 6.61 Å². The summed E-state index contributed by atoms with van der Waals surface area (Å²) >= 11 is 0. The van der Waals surface area contributed by atoms with Gasteiger partial charge in [-0.25, -0.2) is 9.69 Å². The van der Waals surface area contributed by atoms with Gasteiger partial charge < -0.3 is 4.74 Å². The van der Waals surface area contributed by atoms with Crippen molar-refractivity contribution in [3.63, 3.8) is 0 Å². The van der Waals surface area contributed by atoms with E-state index in [1.165, 1.54) is 4.90 Å². The van der Waals surface area contributed by atoms with Crippen LogP contribution in [-0.2, 0) is 16.0 Å². The predicted molar refractivity (Wildman–Crippen MR) is 81.7 cm³/mol. The highest BCUT2D eigenvalue weighted by atomic mass is 31.1. The van der Waals surface area contributed by atoms with Gasteiger partial charge in [0.15, 0.2) is 0 Å². The number of cyclic esters (lactones) is 1. The van der Waals surface area contributed by atoms with Gasteiger partial charge in [0.1, 0.15) is 18.8 Å². The molecule has 1 fully saturated rings. The zero-order valence-corrected chi connectivity index (χ0v) is 12.7. The van der Waals surface area contributed by atoms with Crippen LogP contribution >= 0.6 is 7.55 Å². The second-order valence-corrected chi connectivity index (χ2v) is 7.28. The van der Waals surface area contributed by atoms with Crippen LogP contribution in [-0.4, -0.2) is 48.7 Å². The first-order valence-corrected chi connectivity index (χ1v) is 8.69. The lowest BCUT2D eigenvalue weighted by molar-refractivity contribution is -0.128. The fraction of sp³-hybridized carbons (Fsp3) is 0.400. The maximum atomic E-state index is 12.3. The second kappa shape index (κ2) is 6.19. The summed E-state index contributed by atoms with van der Waals surface area (Å²) in [7, 11) is -0.422. The first-order chi connectivity index (χ1) is 9.47. The van der Waals surface area contributed by atoms with Crippen LogP contribution in [0, 0.1) is 6.92 Å². The topological polar surface area (TPSA) is 46.6 Å². The Morgan fingerprint density at radius 3 is 2.95 bits per heavy atom. The highest BCUT2D eigenvalue weighted by Crippen LogP contribution is 2.23. The van der Waals surface area contributed by atoms with Crippen molar-refractivity contribution >= 4 is 25.8 Å². The lowest BCUT2D eigenvalue weighted by Crippen LogP contribution is -2.41. The van der Waals surface area contributed by atoms with Crippen molar-refractivity contribution < 1.29 is 14.3 Å². The number of carbonyl (C=O) groups excluding carboxylic acids is 2. The van der Waals surface area contributed by atoms with Crippen molar-refractivity contribution in [2.24, 2.45) is 0 Å². The van der Waals surface area contributed by atoms with E-state index in [0.717, 1.165) is 17.3 Å². The second-order valence-electron chi connectivity index (χ2n) is 5.20. The Morgan fingerprint density at radius 2 is 2.30 bits per heavy atom. The van der Waals surface area contributed by atoms with Gasteiger partial charge in [-0.15, -0.1) is 0 Å². The summed E-state index contributed by atoms with van der Waals surface area (Å²) in [4.78, 5) is 25.3. The molecule has 106 valence electrons. The van der Waals surface area contributed by atoms with E-state index in [2.05, 4.69) is 6.30 Å². The number of imide groups is 1. The van der Waals surface area contributed by atoms with Crippen LogP contribution in [0.5, 0.6) is 0 Å². The van der Waals surface area contributed by atoms with Crippen LogP contribution in [0.3, 0.4) is 0 Å². The van der Waals surface area contributed by atoms with Crippen LogP contribution in [0.4, 0.5) is 4.79 Å². The van der Waals surface area contributed by atoms with E-state index in [1.54, 1.807) is 0 Å². The number of carbonyl (C=O) groups is 2.